The van der Waals surface area contributed by atoms with Crippen LogP contribution in [0.15, 0.2) is 60.5 Å². The van der Waals surface area contributed by atoms with E-state index in [9.17, 15) is 4.79 Å². The summed E-state index contributed by atoms with van der Waals surface area (Å²) in [7, 11) is 2.76. The van der Waals surface area contributed by atoms with Crippen molar-refractivity contribution in [2.45, 2.75) is 13.0 Å². The van der Waals surface area contributed by atoms with Crippen molar-refractivity contribution in [2.75, 3.05) is 14.2 Å². The predicted octanol–water partition coefficient (Wildman–Crippen LogP) is 4.55. The van der Waals surface area contributed by atoms with Gasteiger partial charge in [0.25, 0.3) is 0 Å². The summed E-state index contributed by atoms with van der Waals surface area (Å²) in [6, 6.07) is 12.2. The van der Waals surface area contributed by atoms with Crippen LogP contribution in [0.3, 0.4) is 0 Å². The van der Waals surface area contributed by atoms with Gasteiger partial charge < -0.3 is 18.9 Å². The van der Waals surface area contributed by atoms with Crippen LogP contribution in [0.2, 0.25) is 5.02 Å². The summed E-state index contributed by atoms with van der Waals surface area (Å²) in [5.74, 6) is 1.36. The van der Waals surface area contributed by atoms with Gasteiger partial charge in [-0.1, -0.05) is 11.6 Å². The molecule has 0 saturated heterocycles. The summed E-state index contributed by atoms with van der Waals surface area (Å²) in [5.41, 5.74) is 1.38. The number of rotatable bonds is 7. The molecule has 3 aromatic rings. The molecule has 0 spiro atoms. The Morgan fingerprint density at radius 2 is 1.76 bits per heavy atom. The molecule has 0 aliphatic heterocycles. The number of hydrogen-bond acceptors (Lipinski definition) is 7. The van der Waals surface area contributed by atoms with Gasteiger partial charge in [-0.2, -0.15) is 0 Å². The van der Waals surface area contributed by atoms with E-state index in [2.05, 4.69) is 14.7 Å². The largest absolute Gasteiger partial charge is 0.497 e. The van der Waals surface area contributed by atoms with Gasteiger partial charge in [-0.15, -0.1) is 0 Å². The Bertz CT molecular complexity index is 1040. The average Bonchev–Trinajstić information content (AvgIpc) is 2.73. The normalized spacial score (nSPS) is 12.3. The molecule has 8 heteroatoms. The second kappa shape index (κ2) is 9.25. The number of nitrogens with zero attached hydrogens (tertiary/aromatic N) is 2. The number of aromatic nitrogens is 2. The third-order valence-corrected chi connectivity index (χ3v) is 4.17. The Balaban J connectivity index is 1.67. The van der Waals surface area contributed by atoms with E-state index in [-0.39, 0.29) is 0 Å². The second-order valence-corrected chi connectivity index (χ2v) is 6.39. The first-order chi connectivity index (χ1) is 14.0. The Morgan fingerprint density at radius 1 is 1.03 bits per heavy atom. The molecule has 1 atom stereocenters. The molecule has 0 aliphatic rings. The fraction of sp³-hybridized carbons (Fsp3) is 0.190. The molecule has 1 heterocycles. The van der Waals surface area contributed by atoms with Gasteiger partial charge >= 0.3 is 5.97 Å². The lowest BCUT2D eigenvalue weighted by Gasteiger charge is -2.17. The number of halogens is 1. The van der Waals surface area contributed by atoms with E-state index in [0.717, 1.165) is 0 Å². The van der Waals surface area contributed by atoms with Crippen molar-refractivity contribution < 1.29 is 23.7 Å². The number of benzene rings is 2. The van der Waals surface area contributed by atoms with Crippen LogP contribution in [0, 0.1) is 0 Å². The van der Waals surface area contributed by atoms with Crippen molar-refractivity contribution in [3.63, 3.8) is 0 Å². The number of carbonyl (C=O) groups is 1. The SMILES string of the molecule is COC(=O)C=C(OC)C(C)Oc1ccc(Oc2cnc3cc(Cl)ccc3n2)cc1. The monoisotopic (exact) mass is 414 g/mol. The van der Waals surface area contributed by atoms with Gasteiger partial charge in [-0.3, -0.25) is 0 Å². The van der Waals surface area contributed by atoms with Crippen molar-refractivity contribution in [2.24, 2.45) is 0 Å². The molecule has 1 unspecified atom stereocenters. The summed E-state index contributed by atoms with van der Waals surface area (Å²) in [6.07, 6.45) is 2.30. The van der Waals surface area contributed by atoms with Crippen molar-refractivity contribution in [3.8, 4) is 17.4 Å². The molecule has 7 nitrogen and oxygen atoms in total. The van der Waals surface area contributed by atoms with Crippen molar-refractivity contribution in [3.05, 3.63) is 65.5 Å². The van der Waals surface area contributed by atoms with Gasteiger partial charge in [0.05, 0.1) is 37.5 Å². The molecule has 150 valence electrons. The second-order valence-electron chi connectivity index (χ2n) is 5.95. The van der Waals surface area contributed by atoms with Crippen molar-refractivity contribution in [1.29, 1.82) is 0 Å². The molecule has 0 fully saturated rings. The van der Waals surface area contributed by atoms with Gasteiger partial charge in [0, 0.05) is 5.02 Å². The Labute approximate surface area is 172 Å². The molecular weight excluding hydrogens is 396 g/mol. The lowest BCUT2D eigenvalue weighted by molar-refractivity contribution is -0.135. The van der Waals surface area contributed by atoms with Crippen LogP contribution >= 0.6 is 11.6 Å². The maximum Gasteiger partial charge on any atom is 0.334 e. The van der Waals surface area contributed by atoms with Crippen molar-refractivity contribution >= 4 is 28.6 Å². The van der Waals surface area contributed by atoms with Gasteiger partial charge in [-0.05, 0) is 49.4 Å². The van der Waals surface area contributed by atoms with E-state index >= 15 is 0 Å². The molecule has 0 radical (unpaired) electrons. The van der Waals surface area contributed by atoms with E-state index in [1.807, 2.05) is 0 Å². The maximum absolute atomic E-state index is 11.4. The minimum absolute atomic E-state index is 0.351. The molecule has 29 heavy (non-hydrogen) atoms. The van der Waals surface area contributed by atoms with Gasteiger partial charge in [-0.25, -0.2) is 14.8 Å². The summed E-state index contributed by atoms with van der Waals surface area (Å²) in [5, 5.41) is 0.600. The highest BCUT2D eigenvalue weighted by Crippen LogP contribution is 2.25. The summed E-state index contributed by atoms with van der Waals surface area (Å²) in [4.78, 5) is 20.1. The zero-order valence-electron chi connectivity index (χ0n) is 16.1. The van der Waals surface area contributed by atoms with Crippen LogP contribution in [0.25, 0.3) is 11.0 Å². The number of carbonyl (C=O) groups excluding carboxylic acids is 1. The molecule has 1 aromatic heterocycles. The van der Waals surface area contributed by atoms with E-state index in [0.29, 0.717) is 39.2 Å². The lowest BCUT2D eigenvalue weighted by Crippen LogP contribution is -2.17. The maximum atomic E-state index is 11.4. The van der Waals surface area contributed by atoms with Crippen LogP contribution < -0.4 is 9.47 Å². The number of ether oxygens (including phenoxy) is 4. The topological polar surface area (TPSA) is 79.8 Å². The first-order valence-electron chi connectivity index (χ1n) is 8.69. The first kappa shape index (κ1) is 20.4. The molecule has 0 amide bonds. The molecule has 0 N–H and O–H groups in total. The number of hydrogen-bond donors (Lipinski definition) is 0. The predicted molar refractivity (Wildman–Crippen MR) is 108 cm³/mol. The average molecular weight is 415 g/mol. The van der Waals surface area contributed by atoms with Crippen LogP contribution in [0.1, 0.15) is 6.92 Å². The molecular formula is C21H19ClN2O5. The third kappa shape index (κ3) is 5.36. The molecule has 0 bridgehead atoms. The van der Waals surface area contributed by atoms with Gasteiger partial charge in [0.2, 0.25) is 5.88 Å². The molecule has 0 saturated carbocycles. The fourth-order valence-electron chi connectivity index (χ4n) is 2.50. The Kier molecular flexibility index (Phi) is 6.51. The quantitative estimate of drug-likeness (QED) is 0.319. The summed E-state index contributed by atoms with van der Waals surface area (Å²) < 4.78 is 21.3. The third-order valence-electron chi connectivity index (χ3n) is 3.94. The van der Waals surface area contributed by atoms with E-state index in [1.165, 1.54) is 26.5 Å². The van der Waals surface area contributed by atoms with E-state index in [4.69, 9.17) is 25.8 Å². The number of methoxy groups -OCH3 is 2. The van der Waals surface area contributed by atoms with Crippen LogP contribution in [0.5, 0.6) is 17.4 Å². The molecule has 0 aliphatic carbocycles. The highest BCUT2D eigenvalue weighted by atomic mass is 35.5. The molecule has 3 rings (SSSR count). The van der Waals surface area contributed by atoms with Gasteiger partial charge in [0.1, 0.15) is 17.3 Å². The van der Waals surface area contributed by atoms with Crippen LogP contribution in [0.4, 0.5) is 0 Å². The van der Waals surface area contributed by atoms with Gasteiger partial charge in [0.15, 0.2) is 6.10 Å². The minimum atomic E-state index is -0.514. The Morgan fingerprint density at radius 3 is 2.45 bits per heavy atom. The van der Waals surface area contributed by atoms with Crippen LogP contribution in [-0.2, 0) is 14.3 Å². The minimum Gasteiger partial charge on any atom is -0.497 e. The smallest absolute Gasteiger partial charge is 0.334 e. The van der Waals surface area contributed by atoms with E-state index in [1.54, 1.807) is 49.4 Å². The highest BCUT2D eigenvalue weighted by Gasteiger charge is 2.14. The van der Waals surface area contributed by atoms with Crippen molar-refractivity contribution in [1.82, 2.24) is 9.97 Å². The molecule has 2 aromatic carbocycles. The standard InChI is InChI=1S/C21H19ClN2O5/c1-13(19(26-2)11-21(25)27-3)28-15-5-7-16(8-6-15)29-20-12-23-18-10-14(22)4-9-17(18)24-20/h4-13H,1-3H3. The first-order valence-corrected chi connectivity index (χ1v) is 9.06. The Hall–Kier alpha value is -3.32. The van der Waals surface area contributed by atoms with E-state index < -0.39 is 12.1 Å². The lowest BCUT2D eigenvalue weighted by atomic mass is 10.3. The highest BCUT2D eigenvalue weighted by molar-refractivity contribution is 6.31. The summed E-state index contributed by atoms with van der Waals surface area (Å²) >= 11 is 5.95. The summed E-state index contributed by atoms with van der Waals surface area (Å²) in [6.45, 7) is 1.76. The number of esters is 1. The van der Waals surface area contributed by atoms with Crippen LogP contribution in [-0.4, -0.2) is 36.3 Å². The fourth-order valence-corrected chi connectivity index (χ4v) is 2.67. The number of fused-ring (bicyclic) bond motifs is 1. The zero-order valence-corrected chi connectivity index (χ0v) is 16.8. The zero-order chi connectivity index (χ0) is 20.8.